The number of amides is 1. The van der Waals surface area contributed by atoms with Crippen molar-refractivity contribution < 1.29 is 9.53 Å². The van der Waals surface area contributed by atoms with Crippen molar-refractivity contribution in [3.05, 3.63) is 33.6 Å². The zero-order valence-corrected chi connectivity index (χ0v) is 17.1. The first-order chi connectivity index (χ1) is 13.1. The minimum atomic E-state index is -0.0327. The molecule has 146 valence electrons. The second-order valence-corrected chi connectivity index (χ2v) is 8.02. The highest BCUT2D eigenvalue weighted by molar-refractivity contribution is 7.13. The van der Waals surface area contributed by atoms with E-state index in [0.29, 0.717) is 35.6 Å². The Morgan fingerprint density at radius 2 is 2.22 bits per heavy atom. The van der Waals surface area contributed by atoms with Gasteiger partial charge in [-0.2, -0.15) is 0 Å². The van der Waals surface area contributed by atoms with E-state index in [4.69, 9.17) is 33.7 Å². The highest BCUT2D eigenvalue weighted by atomic mass is 35.5. The number of benzene rings is 1. The van der Waals surface area contributed by atoms with E-state index in [0.717, 1.165) is 36.6 Å². The molecule has 27 heavy (non-hydrogen) atoms. The van der Waals surface area contributed by atoms with E-state index in [-0.39, 0.29) is 11.8 Å². The van der Waals surface area contributed by atoms with E-state index in [1.807, 2.05) is 11.4 Å². The number of rotatable bonds is 8. The van der Waals surface area contributed by atoms with E-state index in [1.54, 1.807) is 12.1 Å². The number of carbonyl (C=O) groups is 1. The van der Waals surface area contributed by atoms with Gasteiger partial charge >= 0.3 is 0 Å². The van der Waals surface area contributed by atoms with E-state index in [2.05, 4.69) is 15.2 Å². The van der Waals surface area contributed by atoms with E-state index in [1.165, 1.54) is 11.3 Å². The number of halogens is 2. The molecule has 1 amide bonds. The van der Waals surface area contributed by atoms with Crippen LogP contribution in [0.3, 0.4) is 0 Å². The van der Waals surface area contributed by atoms with Crippen molar-refractivity contribution in [3.63, 3.8) is 0 Å². The van der Waals surface area contributed by atoms with E-state index < -0.39 is 0 Å². The van der Waals surface area contributed by atoms with Gasteiger partial charge in [-0.05, 0) is 25.1 Å². The normalized spacial score (nSPS) is 17.4. The highest BCUT2D eigenvalue weighted by Gasteiger charge is 2.28. The second-order valence-electron chi connectivity index (χ2n) is 6.34. The lowest BCUT2D eigenvalue weighted by atomic mass is 10.1. The molecule has 0 radical (unpaired) electrons. The van der Waals surface area contributed by atoms with Crippen molar-refractivity contribution >= 4 is 46.3 Å². The van der Waals surface area contributed by atoms with Crippen molar-refractivity contribution in [3.8, 4) is 10.6 Å². The fraction of sp³-hybridized carbons (Fsp3) is 0.444. The van der Waals surface area contributed by atoms with Crippen LogP contribution in [0, 0.1) is 5.92 Å². The highest BCUT2D eigenvalue weighted by Crippen LogP contribution is 2.31. The van der Waals surface area contributed by atoms with Crippen molar-refractivity contribution in [1.29, 1.82) is 0 Å². The molecule has 1 aliphatic heterocycles. The summed E-state index contributed by atoms with van der Waals surface area (Å²) < 4.78 is 5.40. The van der Waals surface area contributed by atoms with Gasteiger partial charge in [0, 0.05) is 30.6 Å². The molecule has 1 aliphatic rings. The Bertz CT molecular complexity index is 786. The zero-order valence-electron chi connectivity index (χ0n) is 14.8. The summed E-state index contributed by atoms with van der Waals surface area (Å²) in [5.41, 5.74) is 6.28. The minimum Gasteiger partial charge on any atom is -0.379 e. The van der Waals surface area contributed by atoms with Crippen LogP contribution >= 0.6 is 34.5 Å². The van der Waals surface area contributed by atoms with Crippen LogP contribution in [0.1, 0.15) is 6.42 Å². The fourth-order valence-corrected chi connectivity index (χ4v) is 4.00. The Balaban J connectivity index is 1.51. The molecule has 0 saturated carbocycles. The largest absolute Gasteiger partial charge is 0.379 e. The number of anilines is 1. The van der Waals surface area contributed by atoms with Gasteiger partial charge in [-0.3, -0.25) is 4.79 Å². The SMILES string of the molecule is NCCOCCN1CCC(C(=O)Nc2csc(-c3ccc(Cl)c(Cl)c3)n2)C1. The zero-order chi connectivity index (χ0) is 19.2. The molecule has 6 nitrogen and oxygen atoms in total. The van der Waals surface area contributed by atoms with Gasteiger partial charge in [0.2, 0.25) is 5.91 Å². The molecular formula is C18H22Cl2N4O2S. The summed E-state index contributed by atoms with van der Waals surface area (Å²) in [7, 11) is 0. The Morgan fingerprint density at radius 3 is 3.00 bits per heavy atom. The van der Waals surface area contributed by atoms with Crippen LogP contribution in [-0.4, -0.2) is 55.2 Å². The first-order valence-corrected chi connectivity index (χ1v) is 10.4. The third-order valence-electron chi connectivity index (χ3n) is 4.38. The molecule has 2 aromatic rings. The number of nitrogens with zero attached hydrogens (tertiary/aromatic N) is 2. The molecule has 1 aromatic heterocycles. The van der Waals surface area contributed by atoms with Crippen LogP contribution in [0.5, 0.6) is 0 Å². The number of hydrogen-bond donors (Lipinski definition) is 2. The fourth-order valence-electron chi connectivity index (χ4n) is 2.95. The van der Waals surface area contributed by atoms with Gasteiger partial charge in [0.1, 0.15) is 10.8 Å². The number of nitrogens with one attached hydrogen (secondary N) is 1. The maximum atomic E-state index is 12.5. The minimum absolute atomic E-state index is 0.00589. The molecule has 0 aliphatic carbocycles. The molecule has 1 saturated heterocycles. The van der Waals surface area contributed by atoms with Crippen LogP contribution < -0.4 is 11.1 Å². The van der Waals surface area contributed by atoms with Gasteiger partial charge < -0.3 is 20.7 Å². The van der Waals surface area contributed by atoms with Gasteiger partial charge in [-0.15, -0.1) is 11.3 Å². The molecule has 1 atom stereocenters. The molecule has 0 spiro atoms. The number of hydrogen-bond acceptors (Lipinski definition) is 6. The standard InChI is InChI=1S/C18H22Cl2N4O2S/c19-14-2-1-12(9-15(14)20)18-23-16(11-27-18)22-17(25)13-3-5-24(10-13)6-8-26-7-4-21/h1-2,9,11,13H,3-8,10,21H2,(H,22,25). The molecule has 9 heteroatoms. The molecular weight excluding hydrogens is 407 g/mol. The summed E-state index contributed by atoms with van der Waals surface area (Å²) in [4.78, 5) is 19.3. The molecule has 2 heterocycles. The first-order valence-electron chi connectivity index (χ1n) is 8.79. The molecule has 0 bridgehead atoms. The number of ether oxygens (including phenoxy) is 1. The Hall–Kier alpha value is -1.22. The molecule has 3 N–H and O–H groups in total. The Labute approximate surface area is 172 Å². The maximum absolute atomic E-state index is 12.5. The number of likely N-dealkylation sites (tertiary alicyclic amines) is 1. The number of aromatic nitrogens is 1. The lowest BCUT2D eigenvalue weighted by molar-refractivity contribution is -0.119. The molecule has 1 unspecified atom stereocenters. The van der Waals surface area contributed by atoms with Crippen LogP contribution in [0.2, 0.25) is 10.0 Å². The summed E-state index contributed by atoms with van der Waals surface area (Å²) in [6, 6.07) is 5.37. The summed E-state index contributed by atoms with van der Waals surface area (Å²) in [6.07, 6.45) is 0.840. The van der Waals surface area contributed by atoms with Gasteiger partial charge in [-0.1, -0.05) is 29.3 Å². The summed E-state index contributed by atoms with van der Waals surface area (Å²) in [5, 5.41) is 6.53. The average Bonchev–Trinajstić information content (AvgIpc) is 3.31. The Kier molecular flexibility index (Phi) is 7.46. The second kappa shape index (κ2) is 9.82. The van der Waals surface area contributed by atoms with Crippen molar-refractivity contribution in [2.24, 2.45) is 11.7 Å². The number of nitrogens with two attached hydrogens (primary N) is 1. The van der Waals surface area contributed by atoms with E-state index in [9.17, 15) is 4.79 Å². The van der Waals surface area contributed by atoms with Crippen LogP contribution in [0.15, 0.2) is 23.6 Å². The van der Waals surface area contributed by atoms with E-state index >= 15 is 0 Å². The van der Waals surface area contributed by atoms with Gasteiger partial charge in [-0.25, -0.2) is 4.98 Å². The third-order valence-corrected chi connectivity index (χ3v) is 6.01. The summed E-state index contributed by atoms with van der Waals surface area (Å²) in [5.74, 6) is 0.539. The summed E-state index contributed by atoms with van der Waals surface area (Å²) in [6.45, 7) is 4.20. The Morgan fingerprint density at radius 1 is 1.37 bits per heavy atom. The van der Waals surface area contributed by atoms with Crippen molar-refractivity contribution in [1.82, 2.24) is 9.88 Å². The quantitative estimate of drug-likeness (QED) is 0.629. The number of carbonyl (C=O) groups excluding carboxylic acids is 1. The van der Waals surface area contributed by atoms with Gasteiger partial charge in [0.05, 0.1) is 29.2 Å². The summed E-state index contributed by atoms with van der Waals surface area (Å²) >= 11 is 13.5. The third kappa shape index (κ3) is 5.63. The average molecular weight is 429 g/mol. The first kappa shape index (κ1) is 20.5. The van der Waals surface area contributed by atoms with Gasteiger partial charge in [0.15, 0.2) is 0 Å². The topological polar surface area (TPSA) is 80.5 Å². The van der Waals surface area contributed by atoms with Gasteiger partial charge in [0.25, 0.3) is 0 Å². The number of thiazole rings is 1. The molecule has 3 rings (SSSR count). The monoisotopic (exact) mass is 428 g/mol. The van der Waals surface area contributed by atoms with Crippen LogP contribution in [0.25, 0.3) is 10.6 Å². The predicted octanol–water partition coefficient (Wildman–Crippen LogP) is 3.35. The van der Waals surface area contributed by atoms with Crippen molar-refractivity contribution in [2.75, 3.05) is 44.7 Å². The molecule has 1 fully saturated rings. The lowest BCUT2D eigenvalue weighted by Crippen LogP contribution is -2.29. The van der Waals surface area contributed by atoms with Crippen LogP contribution in [0.4, 0.5) is 5.82 Å². The molecule has 1 aromatic carbocycles. The van der Waals surface area contributed by atoms with Crippen LogP contribution in [-0.2, 0) is 9.53 Å². The predicted molar refractivity (Wildman–Crippen MR) is 111 cm³/mol. The smallest absolute Gasteiger partial charge is 0.230 e. The van der Waals surface area contributed by atoms with Crippen molar-refractivity contribution in [2.45, 2.75) is 6.42 Å². The maximum Gasteiger partial charge on any atom is 0.230 e. The lowest BCUT2D eigenvalue weighted by Gasteiger charge is -2.15.